The minimum absolute atomic E-state index is 0.199. The van der Waals surface area contributed by atoms with Crippen molar-refractivity contribution in [3.8, 4) is 11.5 Å². The van der Waals surface area contributed by atoms with Crippen LogP contribution in [-0.2, 0) is 17.1 Å². The Bertz CT molecular complexity index is 877. The normalized spacial score (nSPS) is 10.8. The van der Waals surface area contributed by atoms with Crippen molar-refractivity contribution in [1.82, 2.24) is 25.1 Å². The van der Waals surface area contributed by atoms with Gasteiger partial charge in [-0.05, 0) is 34.9 Å². The number of carbonyl (C=O) groups is 1. The molecule has 0 aliphatic carbocycles. The lowest BCUT2D eigenvalue weighted by molar-refractivity contribution is -0.114. The Morgan fingerprint density at radius 2 is 2.04 bits per heavy atom. The van der Waals surface area contributed by atoms with Crippen molar-refractivity contribution < 1.29 is 13.8 Å². The van der Waals surface area contributed by atoms with E-state index < -0.39 is 0 Å². The van der Waals surface area contributed by atoms with Crippen LogP contribution in [-0.4, -0.2) is 31.0 Å². The Balaban J connectivity index is 1.82. The molecule has 8 nitrogen and oxygen atoms in total. The van der Waals surface area contributed by atoms with E-state index in [0.29, 0.717) is 29.0 Å². The molecule has 0 saturated heterocycles. The molecular weight excluding hydrogens is 347 g/mol. The van der Waals surface area contributed by atoms with Gasteiger partial charge in [-0.1, -0.05) is 23.9 Å². The number of benzene rings is 1. The molecule has 10 heteroatoms. The fourth-order valence-electron chi connectivity index (χ4n) is 2.17. The molecule has 3 rings (SSSR count). The molecule has 0 unspecified atom stereocenters. The summed E-state index contributed by atoms with van der Waals surface area (Å²) >= 11 is 1.47. The summed E-state index contributed by atoms with van der Waals surface area (Å²) in [5.74, 6) is 0.717. The molecule has 1 amide bonds. The monoisotopic (exact) mass is 362 g/mol. The van der Waals surface area contributed by atoms with Crippen LogP contribution >= 0.6 is 11.8 Å². The molecule has 130 valence electrons. The van der Waals surface area contributed by atoms with Gasteiger partial charge in [0.05, 0.1) is 0 Å². The Kier molecular flexibility index (Phi) is 5.08. The second-order valence-corrected chi connectivity index (χ2v) is 6.05. The first kappa shape index (κ1) is 17.1. The van der Waals surface area contributed by atoms with E-state index in [9.17, 15) is 9.18 Å². The SMILES string of the molecule is CCn1c(SCc2ccc(F)cc2)nnc1-c1nonc1NC(C)=O. The Hall–Kier alpha value is -2.75. The summed E-state index contributed by atoms with van der Waals surface area (Å²) in [4.78, 5) is 11.2. The zero-order valence-electron chi connectivity index (χ0n) is 13.6. The molecule has 1 aromatic carbocycles. The Morgan fingerprint density at radius 1 is 1.28 bits per heavy atom. The highest BCUT2D eigenvalue weighted by atomic mass is 32.2. The fourth-order valence-corrected chi connectivity index (χ4v) is 3.13. The summed E-state index contributed by atoms with van der Waals surface area (Å²) in [6, 6.07) is 6.30. The van der Waals surface area contributed by atoms with Crippen LogP contribution in [0.3, 0.4) is 0 Å². The van der Waals surface area contributed by atoms with Crippen LogP contribution in [0.4, 0.5) is 10.2 Å². The maximum atomic E-state index is 13.0. The average molecular weight is 362 g/mol. The van der Waals surface area contributed by atoms with Gasteiger partial charge >= 0.3 is 0 Å². The number of halogens is 1. The van der Waals surface area contributed by atoms with E-state index in [1.165, 1.54) is 30.8 Å². The Labute approximate surface area is 146 Å². The van der Waals surface area contributed by atoms with Crippen molar-refractivity contribution in [3.63, 3.8) is 0 Å². The topological polar surface area (TPSA) is 98.7 Å². The molecule has 0 spiro atoms. The fraction of sp³-hybridized carbons (Fsp3) is 0.267. The van der Waals surface area contributed by atoms with Gasteiger partial charge in [0.15, 0.2) is 16.7 Å². The number of nitrogens with one attached hydrogen (secondary N) is 1. The molecule has 25 heavy (non-hydrogen) atoms. The number of hydrogen-bond acceptors (Lipinski definition) is 7. The van der Waals surface area contributed by atoms with Crippen LogP contribution in [0, 0.1) is 5.82 Å². The number of thioether (sulfide) groups is 1. The second-order valence-electron chi connectivity index (χ2n) is 5.11. The lowest BCUT2D eigenvalue weighted by Crippen LogP contribution is -2.08. The zero-order valence-corrected chi connectivity index (χ0v) is 14.4. The summed E-state index contributed by atoms with van der Waals surface area (Å²) in [5, 5.41) is 19.0. The third-order valence-corrected chi connectivity index (χ3v) is 4.35. The third-order valence-electron chi connectivity index (χ3n) is 3.31. The average Bonchev–Trinajstić information content (AvgIpc) is 3.19. The molecule has 0 radical (unpaired) electrons. The van der Waals surface area contributed by atoms with Gasteiger partial charge in [0.2, 0.25) is 11.7 Å². The predicted molar refractivity (Wildman–Crippen MR) is 89.3 cm³/mol. The van der Waals surface area contributed by atoms with E-state index in [1.807, 2.05) is 11.5 Å². The summed E-state index contributed by atoms with van der Waals surface area (Å²) in [6.45, 7) is 3.91. The van der Waals surface area contributed by atoms with Gasteiger partial charge in [-0.25, -0.2) is 9.02 Å². The molecule has 2 heterocycles. The molecule has 2 aromatic heterocycles. The second kappa shape index (κ2) is 7.43. The molecule has 1 N–H and O–H groups in total. The highest BCUT2D eigenvalue weighted by molar-refractivity contribution is 7.98. The van der Waals surface area contributed by atoms with Crippen LogP contribution in [0.25, 0.3) is 11.5 Å². The van der Waals surface area contributed by atoms with Gasteiger partial charge in [0.25, 0.3) is 0 Å². The number of nitrogens with zero attached hydrogens (tertiary/aromatic N) is 5. The maximum Gasteiger partial charge on any atom is 0.222 e. The Morgan fingerprint density at radius 3 is 2.72 bits per heavy atom. The maximum absolute atomic E-state index is 13.0. The van der Waals surface area contributed by atoms with Crippen molar-refractivity contribution in [3.05, 3.63) is 35.6 Å². The smallest absolute Gasteiger partial charge is 0.222 e. The quantitative estimate of drug-likeness (QED) is 0.673. The van der Waals surface area contributed by atoms with Gasteiger partial charge in [-0.3, -0.25) is 4.79 Å². The largest absolute Gasteiger partial charge is 0.306 e. The highest BCUT2D eigenvalue weighted by Gasteiger charge is 2.21. The van der Waals surface area contributed by atoms with E-state index in [2.05, 4.69) is 25.8 Å². The van der Waals surface area contributed by atoms with Crippen molar-refractivity contribution in [2.75, 3.05) is 5.32 Å². The van der Waals surface area contributed by atoms with E-state index in [1.54, 1.807) is 12.1 Å². The minimum atomic E-state index is -0.287. The van der Waals surface area contributed by atoms with Crippen molar-refractivity contribution in [2.45, 2.75) is 31.3 Å². The van der Waals surface area contributed by atoms with Gasteiger partial charge in [-0.15, -0.1) is 10.2 Å². The summed E-state index contributed by atoms with van der Waals surface area (Å²) in [6.07, 6.45) is 0. The third kappa shape index (κ3) is 3.85. The lowest BCUT2D eigenvalue weighted by atomic mass is 10.2. The van der Waals surface area contributed by atoms with Crippen LogP contribution in [0.5, 0.6) is 0 Å². The molecule has 0 saturated carbocycles. The van der Waals surface area contributed by atoms with Gasteiger partial charge < -0.3 is 9.88 Å². The number of anilines is 1. The zero-order chi connectivity index (χ0) is 17.8. The molecular formula is C15H15FN6O2S. The van der Waals surface area contributed by atoms with E-state index in [4.69, 9.17) is 4.63 Å². The van der Waals surface area contributed by atoms with Crippen molar-refractivity contribution in [1.29, 1.82) is 0 Å². The number of hydrogen-bond donors (Lipinski definition) is 1. The molecule has 3 aromatic rings. The molecule has 0 aliphatic heterocycles. The van der Waals surface area contributed by atoms with Crippen LogP contribution in [0.2, 0.25) is 0 Å². The van der Waals surface area contributed by atoms with Crippen molar-refractivity contribution >= 4 is 23.5 Å². The van der Waals surface area contributed by atoms with Gasteiger partial charge in [-0.2, -0.15) is 0 Å². The number of carbonyl (C=O) groups excluding carboxylic acids is 1. The van der Waals surface area contributed by atoms with Gasteiger partial charge in [0.1, 0.15) is 5.82 Å². The van der Waals surface area contributed by atoms with E-state index in [-0.39, 0.29) is 17.5 Å². The number of amides is 1. The number of rotatable bonds is 6. The highest BCUT2D eigenvalue weighted by Crippen LogP contribution is 2.28. The first-order valence-corrected chi connectivity index (χ1v) is 8.48. The van der Waals surface area contributed by atoms with Crippen LogP contribution in [0.1, 0.15) is 19.4 Å². The first-order chi connectivity index (χ1) is 12.1. The predicted octanol–water partition coefficient (Wildman–Crippen LogP) is 2.74. The lowest BCUT2D eigenvalue weighted by Gasteiger charge is -2.06. The molecule has 0 atom stereocenters. The summed E-state index contributed by atoms with van der Waals surface area (Å²) < 4.78 is 19.5. The summed E-state index contributed by atoms with van der Waals surface area (Å²) in [7, 11) is 0. The summed E-state index contributed by atoms with van der Waals surface area (Å²) in [5.41, 5.74) is 1.29. The van der Waals surface area contributed by atoms with E-state index >= 15 is 0 Å². The number of aromatic nitrogens is 5. The van der Waals surface area contributed by atoms with Crippen LogP contribution in [0.15, 0.2) is 34.1 Å². The standard InChI is InChI=1S/C15H15FN6O2S/c1-3-22-14(12-13(17-9(2)23)21-24-20-12)18-19-15(22)25-8-10-4-6-11(16)7-5-10/h4-7H,3,8H2,1-2H3,(H,17,21,23). The van der Waals surface area contributed by atoms with Crippen molar-refractivity contribution in [2.24, 2.45) is 0 Å². The molecule has 0 aliphatic rings. The van der Waals surface area contributed by atoms with Crippen LogP contribution < -0.4 is 5.32 Å². The minimum Gasteiger partial charge on any atom is -0.306 e. The van der Waals surface area contributed by atoms with Gasteiger partial charge in [0, 0.05) is 19.2 Å². The molecule has 0 fully saturated rings. The first-order valence-electron chi connectivity index (χ1n) is 7.49. The molecule has 0 bridgehead atoms. The van der Waals surface area contributed by atoms with E-state index in [0.717, 1.165) is 5.56 Å².